The van der Waals surface area contributed by atoms with Gasteiger partial charge in [0.25, 0.3) is 0 Å². The van der Waals surface area contributed by atoms with Crippen LogP contribution in [0, 0.1) is 11.3 Å². The van der Waals surface area contributed by atoms with Gasteiger partial charge >= 0.3 is 29.2 Å². The van der Waals surface area contributed by atoms with Gasteiger partial charge in [0.2, 0.25) is 0 Å². The van der Waals surface area contributed by atoms with Gasteiger partial charge in [-0.2, -0.15) is 18.9 Å². The van der Waals surface area contributed by atoms with Crippen LogP contribution in [0.3, 0.4) is 0 Å². The minimum Gasteiger partial charge on any atom is -0.387 e. The molecule has 1 aromatic rings. The van der Waals surface area contributed by atoms with Gasteiger partial charge in [-0.15, -0.1) is 0 Å². The number of hydrogen-bond donors (Lipinski definition) is 7. The third-order valence-electron chi connectivity index (χ3n) is 4.00. The highest BCUT2D eigenvalue weighted by atomic mass is 31.3. The molecule has 0 aliphatic carbocycles. The third kappa shape index (κ3) is 7.74. The molecule has 0 radical (unpaired) electrons. The average Bonchev–Trinajstić information content (AvgIpc) is 2.91. The summed E-state index contributed by atoms with van der Waals surface area (Å²) in [7, 11) is -16.8. The number of nitrogen functional groups attached to an aromatic ring is 1. The monoisotopic (exact) mass is 536 g/mol. The molecule has 18 nitrogen and oxygen atoms in total. The van der Waals surface area contributed by atoms with E-state index in [4.69, 9.17) is 30.4 Å². The Kier molecular flexibility index (Phi) is 8.72. The van der Waals surface area contributed by atoms with Crippen LogP contribution in [0.1, 0.15) is 18.2 Å². The Labute approximate surface area is 184 Å². The van der Waals surface area contributed by atoms with Crippen molar-refractivity contribution in [1.82, 2.24) is 9.55 Å². The number of aliphatic hydroxyl groups is 2. The van der Waals surface area contributed by atoms with Gasteiger partial charge < -0.3 is 40.3 Å². The second-order valence-electron chi connectivity index (χ2n) is 6.43. The van der Waals surface area contributed by atoms with Crippen molar-refractivity contribution in [3.05, 3.63) is 22.2 Å². The van der Waals surface area contributed by atoms with Gasteiger partial charge in [-0.3, -0.25) is 9.09 Å². The maximum Gasteiger partial charge on any atom is 0.490 e. The second-order valence-corrected chi connectivity index (χ2v) is 10.9. The van der Waals surface area contributed by atoms with Crippen molar-refractivity contribution in [2.75, 3.05) is 12.3 Å². The summed E-state index contributed by atoms with van der Waals surface area (Å²) in [4.78, 5) is 51.3. The van der Waals surface area contributed by atoms with E-state index in [-0.39, 0.29) is 24.2 Å². The van der Waals surface area contributed by atoms with E-state index in [1.807, 2.05) is 6.07 Å². The van der Waals surface area contributed by atoms with E-state index in [9.17, 15) is 33.6 Å². The lowest BCUT2D eigenvalue weighted by atomic mass is 10.1. The minimum absolute atomic E-state index is 0.0312. The number of phosphoric acid groups is 3. The molecule has 0 saturated carbocycles. The first-order chi connectivity index (χ1) is 15.1. The summed E-state index contributed by atoms with van der Waals surface area (Å²) in [5, 5.41) is 29.0. The number of ether oxygens (including phenoxy) is 1. The number of nitrogens with zero attached hydrogens (tertiary/aromatic N) is 3. The van der Waals surface area contributed by atoms with E-state index in [1.54, 1.807) is 0 Å². The molecule has 2 rings (SSSR count). The lowest BCUT2D eigenvalue weighted by molar-refractivity contribution is -0.0542. The van der Waals surface area contributed by atoms with Gasteiger partial charge in [0, 0.05) is 18.2 Å². The van der Waals surface area contributed by atoms with Crippen molar-refractivity contribution in [3.8, 4) is 6.07 Å². The molecule has 8 N–H and O–H groups in total. The molecular weight excluding hydrogens is 517 g/mol. The number of phosphoric ester groups is 1. The summed E-state index contributed by atoms with van der Waals surface area (Å²) in [6.45, 7) is -1.06. The van der Waals surface area contributed by atoms with Crippen LogP contribution in [0.25, 0.3) is 0 Å². The number of aliphatic hydroxyl groups excluding tert-OH is 2. The van der Waals surface area contributed by atoms with Gasteiger partial charge in [-0.05, 0) is 6.42 Å². The number of nitriles is 1. The fourth-order valence-corrected chi connectivity index (χ4v) is 5.68. The Morgan fingerprint density at radius 2 is 1.79 bits per heavy atom. The molecule has 186 valence electrons. The Morgan fingerprint density at radius 3 is 2.36 bits per heavy atom. The van der Waals surface area contributed by atoms with E-state index in [0.717, 1.165) is 10.8 Å². The lowest BCUT2D eigenvalue weighted by Crippen LogP contribution is -2.36. The molecule has 0 spiro atoms. The molecule has 0 amide bonds. The molecule has 2 unspecified atom stereocenters. The van der Waals surface area contributed by atoms with Crippen molar-refractivity contribution in [3.63, 3.8) is 0 Å². The van der Waals surface area contributed by atoms with Crippen molar-refractivity contribution < 1.29 is 61.4 Å². The molecule has 1 aliphatic rings. The molecule has 33 heavy (non-hydrogen) atoms. The lowest BCUT2D eigenvalue weighted by Gasteiger charge is -2.19. The van der Waals surface area contributed by atoms with E-state index in [1.165, 1.54) is 0 Å². The summed E-state index contributed by atoms with van der Waals surface area (Å²) in [5.74, 6) is -0.163. The van der Waals surface area contributed by atoms with Crippen molar-refractivity contribution in [1.29, 1.82) is 5.26 Å². The zero-order chi connectivity index (χ0) is 25.2. The summed E-state index contributed by atoms with van der Waals surface area (Å²) in [6.07, 6.45) is -5.48. The molecule has 1 aliphatic heterocycles. The van der Waals surface area contributed by atoms with Crippen LogP contribution in [0.5, 0.6) is 0 Å². The Balaban J connectivity index is 2.13. The van der Waals surface area contributed by atoms with E-state index < -0.39 is 60.3 Å². The van der Waals surface area contributed by atoms with Crippen molar-refractivity contribution >= 4 is 29.3 Å². The second kappa shape index (κ2) is 10.4. The highest BCUT2D eigenvalue weighted by Crippen LogP contribution is 2.66. The van der Waals surface area contributed by atoms with E-state index >= 15 is 0 Å². The standard InChI is InChI=1S/C12H19N4O14P3/c13-3-1-2-6-4-16(12(19)15-10(6)14)11-9(18)8(17)7(28-11)5-27-32(23,24)30-33(25,26)29-31(20,21)22/h4,7-9,11,17-18H,1-2,5H2,(H,23,24)(H,25,26)(H2,14,15,19)(H2,20,21,22)/t7-,8-,9-,11-/m1/s1. The molecule has 1 fully saturated rings. The first-order valence-corrected chi connectivity index (χ1v) is 13.1. The molecule has 6 atom stereocenters. The van der Waals surface area contributed by atoms with Crippen LogP contribution in [0.15, 0.2) is 11.0 Å². The number of anilines is 1. The number of nitrogens with two attached hydrogens (primary N) is 1. The van der Waals surface area contributed by atoms with Crippen LogP contribution in [0.2, 0.25) is 0 Å². The van der Waals surface area contributed by atoms with Gasteiger partial charge in [0.05, 0.1) is 12.7 Å². The number of hydrogen-bond acceptors (Lipinski definition) is 13. The quantitative estimate of drug-likeness (QED) is 0.163. The van der Waals surface area contributed by atoms with Crippen molar-refractivity contribution in [2.45, 2.75) is 37.4 Å². The molecular formula is C12H19N4O14P3. The highest BCUT2D eigenvalue weighted by molar-refractivity contribution is 7.66. The Morgan fingerprint density at radius 1 is 1.15 bits per heavy atom. The summed E-state index contributed by atoms with van der Waals surface area (Å²) < 4.78 is 51.2. The third-order valence-corrected chi connectivity index (χ3v) is 7.80. The van der Waals surface area contributed by atoms with Crippen LogP contribution in [0.4, 0.5) is 5.82 Å². The van der Waals surface area contributed by atoms with Crippen LogP contribution in [-0.2, 0) is 38.0 Å². The topological polar surface area (TPSA) is 294 Å². The molecule has 1 aromatic heterocycles. The summed E-state index contributed by atoms with van der Waals surface area (Å²) >= 11 is 0. The zero-order valence-corrected chi connectivity index (χ0v) is 18.9. The Hall–Kier alpha value is -1.54. The molecule has 21 heteroatoms. The van der Waals surface area contributed by atoms with Crippen LogP contribution >= 0.6 is 23.5 Å². The van der Waals surface area contributed by atoms with Crippen molar-refractivity contribution in [2.24, 2.45) is 0 Å². The van der Waals surface area contributed by atoms with Crippen LogP contribution in [-0.4, -0.2) is 64.3 Å². The number of aromatic nitrogens is 2. The molecule has 0 aromatic carbocycles. The molecule has 1 saturated heterocycles. The minimum atomic E-state index is -5.75. The summed E-state index contributed by atoms with van der Waals surface area (Å²) in [5.41, 5.74) is 4.90. The predicted octanol–water partition coefficient (Wildman–Crippen LogP) is -1.76. The maximum absolute atomic E-state index is 12.2. The average molecular weight is 536 g/mol. The van der Waals surface area contributed by atoms with E-state index in [2.05, 4.69) is 18.1 Å². The maximum atomic E-state index is 12.2. The fraction of sp³-hybridized carbons (Fsp3) is 0.583. The van der Waals surface area contributed by atoms with Gasteiger partial charge in [-0.1, -0.05) is 0 Å². The number of rotatable bonds is 10. The Bertz CT molecular complexity index is 1110. The smallest absolute Gasteiger partial charge is 0.387 e. The molecule has 2 heterocycles. The van der Waals surface area contributed by atoms with Gasteiger partial charge in [0.15, 0.2) is 6.23 Å². The summed E-state index contributed by atoms with van der Waals surface area (Å²) in [6, 6.07) is 1.87. The molecule has 0 bridgehead atoms. The van der Waals surface area contributed by atoms with Crippen LogP contribution < -0.4 is 11.4 Å². The number of aryl methyl sites for hydroxylation is 1. The largest absolute Gasteiger partial charge is 0.490 e. The van der Waals surface area contributed by atoms with Gasteiger partial charge in [-0.25, -0.2) is 18.5 Å². The first kappa shape index (κ1) is 27.7. The zero-order valence-electron chi connectivity index (χ0n) is 16.2. The van der Waals surface area contributed by atoms with Gasteiger partial charge in [0.1, 0.15) is 24.1 Å². The predicted molar refractivity (Wildman–Crippen MR) is 103 cm³/mol. The fourth-order valence-electron chi connectivity index (χ4n) is 2.65. The highest BCUT2D eigenvalue weighted by Gasteiger charge is 2.46. The SMILES string of the molecule is N#CCCc1cn([C@@H]2O[C@H](COP(=O)(O)OP(=O)(O)OP(=O)(O)O)[C@@H](O)[C@H]2O)c(=O)nc1N. The first-order valence-electron chi connectivity index (χ1n) is 8.59. The van der Waals surface area contributed by atoms with E-state index in [0.29, 0.717) is 0 Å². The normalized spacial score (nSPS) is 26.9.